The van der Waals surface area contributed by atoms with E-state index in [1.54, 1.807) is 19.0 Å². The SMILES string of the molecule is CCOc1ccc(-c2ncc(C(=O)O)c(N(C)C)n2)cc1. The van der Waals surface area contributed by atoms with Crippen LogP contribution in [-0.2, 0) is 0 Å². The van der Waals surface area contributed by atoms with Crippen molar-refractivity contribution in [1.82, 2.24) is 9.97 Å². The Bertz CT molecular complexity index is 639. The van der Waals surface area contributed by atoms with Crippen LogP contribution in [0.5, 0.6) is 5.75 Å². The Morgan fingerprint density at radius 1 is 1.29 bits per heavy atom. The predicted octanol–water partition coefficient (Wildman–Crippen LogP) is 2.31. The maximum Gasteiger partial charge on any atom is 0.341 e. The van der Waals surface area contributed by atoms with Crippen molar-refractivity contribution in [2.24, 2.45) is 0 Å². The van der Waals surface area contributed by atoms with Crippen molar-refractivity contribution in [2.45, 2.75) is 6.92 Å². The van der Waals surface area contributed by atoms with Gasteiger partial charge in [0.15, 0.2) is 5.82 Å². The lowest BCUT2D eigenvalue weighted by molar-refractivity contribution is 0.0697. The summed E-state index contributed by atoms with van der Waals surface area (Å²) >= 11 is 0. The van der Waals surface area contributed by atoms with E-state index < -0.39 is 5.97 Å². The van der Waals surface area contributed by atoms with E-state index in [2.05, 4.69) is 9.97 Å². The molecular weight excluding hydrogens is 270 g/mol. The Morgan fingerprint density at radius 3 is 2.48 bits per heavy atom. The van der Waals surface area contributed by atoms with Crippen molar-refractivity contribution in [3.63, 3.8) is 0 Å². The first-order valence-corrected chi connectivity index (χ1v) is 6.53. The van der Waals surface area contributed by atoms with Gasteiger partial charge in [0.05, 0.1) is 6.61 Å². The molecule has 1 aromatic heterocycles. The number of carbonyl (C=O) groups is 1. The summed E-state index contributed by atoms with van der Waals surface area (Å²) in [6.07, 6.45) is 1.33. The lowest BCUT2D eigenvalue weighted by Gasteiger charge is -2.14. The predicted molar refractivity (Wildman–Crippen MR) is 79.9 cm³/mol. The van der Waals surface area contributed by atoms with Crippen molar-refractivity contribution >= 4 is 11.8 Å². The minimum Gasteiger partial charge on any atom is -0.494 e. The smallest absolute Gasteiger partial charge is 0.341 e. The molecule has 0 aliphatic carbocycles. The van der Waals surface area contributed by atoms with E-state index in [0.29, 0.717) is 18.2 Å². The summed E-state index contributed by atoms with van der Waals surface area (Å²) in [5.74, 6) is 0.585. The molecule has 0 atom stereocenters. The van der Waals surface area contributed by atoms with Gasteiger partial charge in [-0.3, -0.25) is 0 Å². The molecule has 0 saturated heterocycles. The van der Waals surface area contributed by atoms with Crippen molar-refractivity contribution in [2.75, 3.05) is 25.6 Å². The molecule has 1 heterocycles. The first-order chi connectivity index (χ1) is 10.0. The Hall–Kier alpha value is -2.63. The van der Waals surface area contributed by atoms with E-state index in [0.717, 1.165) is 11.3 Å². The fourth-order valence-corrected chi connectivity index (χ4v) is 1.87. The maximum atomic E-state index is 11.2. The molecule has 0 amide bonds. The molecule has 6 heteroatoms. The zero-order valence-corrected chi connectivity index (χ0v) is 12.2. The number of aromatic nitrogens is 2. The number of hydrogen-bond donors (Lipinski definition) is 1. The monoisotopic (exact) mass is 287 g/mol. The highest BCUT2D eigenvalue weighted by Crippen LogP contribution is 2.23. The van der Waals surface area contributed by atoms with Crippen molar-refractivity contribution in [3.8, 4) is 17.1 Å². The van der Waals surface area contributed by atoms with Crippen LogP contribution in [0.2, 0.25) is 0 Å². The lowest BCUT2D eigenvalue weighted by atomic mass is 10.2. The number of rotatable bonds is 5. The van der Waals surface area contributed by atoms with Gasteiger partial charge in [-0.2, -0.15) is 0 Å². The fraction of sp³-hybridized carbons (Fsp3) is 0.267. The molecule has 6 nitrogen and oxygen atoms in total. The van der Waals surface area contributed by atoms with Gasteiger partial charge >= 0.3 is 5.97 Å². The number of benzene rings is 1. The normalized spacial score (nSPS) is 10.2. The molecule has 0 aliphatic rings. The van der Waals surface area contributed by atoms with Crippen LogP contribution in [0.25, 0.3) is 11.4 Å². The number of carboxylic acids is 1. The summed E-state index contributed by atoms with van der Waals surface area (Å²) in [5.41, 5.74) is 0.883. The van der Waals surface area contributed by atoms with Crippen LogP contribution >= 0.6 is 0 Å². The minimum absolute atomic E-state index is 0.0784. The fourth-order valence-electron chi connectivity index (χ4n) is 1.87. The number of nitrogens with zero attached hydrogens (tertiary/aromatic N) is 3. The number of anilines is 1. The van der Waals surface area contributed by atoms with Crippen LogP contribution in [0.3, 0.4) is 0 Å². The van der Waals surface area contributed by atoms with Crippen LogP contribution in [0.1, 0.15) is 17.3 Å². The largest absolute Gasteiger partial charge is 0.494 e. The van der Waals surface area contributed by atoms with Crippen molar-refractivity contribution < 1.29 is 14.6 Å². The van der Waals surface area contributed by atoms with Crippen LogP contribution in [-0.4, -0.2) is 41.7 Å². The molecular formula is C15H17N3O3. The van der Waals surface area contributed by atoms with E-state index in [4.69, 9.17) is 9.84 Å². The van der Waals surface area contributed by atoms with Crippen molar-refractivity contribution in [3.05, 3.63) is 36.0 Å². The second kappa shape index (κ2) is 6.21. The standard InChI is InChI=1S/C15H17N3O3/c1-4-21-11-7-5-10(6-8-11)13-16-9-12(15(19)20)14(17-13)18(2)3/h5-9H,4H2,1-3H3,(H,19,20). The van der Waals surface area contributed by atoms with Gasteiger partial charge in [0.25, 0.3) is 0 Å². The molecule has 0 aliphatic heterocycles. The number of ether oxygens (including phenoxy) is 1. The number of hydrogen-bond acceptors (Lipinski definition) is 5. The Morgan fingerprint density at radius 2 is 1.95 bits per heavy atom. The summed E-state index contributed by atoms with van der Waals surface area (Å²) < 4.78 is 5.38. The summed E-state index contributed by atoms with van der Waals surface area (Å²) in [5, 5.41) is 9.15. The van der Waals surface area contributed by atoms with Gasteiger partial charge in [-0.15, -0.1) is 0 Å². The molecule has 1 aromatic carbocycles. The molecule has 0 radical (unpaired) electrons. The van der Waals surface area contributed by atoms with E-state index in [9.17, 15) is 4.79 Å². The van der Waals surface area contributed by atoms with Gasteiger partial charge in [0.2, 0.25) is 0 Å². The third-order valence-electron chi connectivity index (χ3n) is 2.85. The average molecular weight is 287 g/mol. The topological polar surface area (TPSA) is 75.6 Å². The second-order valence-corrected chi connectivity index (χ2v) is 4.59. The molecule has 2 rings (SSSR count). The first-order valence-electron chi connectivity index (χ1n) is 6.53. The van der Waals surface area contributed by atoms with Crippen LogP contribution in [0, 0.1) is 0 Å². The van der Waals surface area contributed by atoms with E-state index in [1.807, 2.05) is 31.2 Å². The first kappa shape index (κ1) is 14.8. The van der Waals surface area contributed by atoms with Crippen LogP contribution in [0.15, 0.2) is 30.5 Å². The summed E-state index contributed by atoms with van der Waals surface area (Å²) in [4.78, 5) is 21.3. The summed E-state index contributed by atoms with van der Waals surface area (Å²) in [6.45, 7) is 2.53. The zero-order valence-electron chi connectivity index (χ0n) is 12.2. The van der Waals surface area contributed by atoms with Crippen LogP contribution in [0.4, 0.5) is 5.82 Å². The number of carboxylic acid groups (broad SMARTS) is 1. The van der Waals surface area contributed by atoms with Crippen LogP contribution < -0.4 is 9.64 Å². The minimum atomic E-state index is -1.04. The van der Waals surface area contributed by atoms with E-state index >= 15 is 0 Å². The molecule has 110 valence electrons. The van der Waals surface area contributed by atoms with Gasteiger partial charge in [0.1, 0.15) is 17.1 Å². The average Bonchev–Trinajstić information content (AvgIpc) is 2.47. The van der Waals surface area contributed by atoms with Gasteiger partial charge in [-0.1, -0.05) is 0 Å². The van der Waals surface area contributed by atoms with Crippen molar-refractivity contribution in [1.29, 1.82) is 0 Å². The quantitative estimate of drug-likeness (QED) is 0.909. The molecule has 0 unspecified atom stereocenters. The Labute approximate surface area is 123 Å². The Balaban J connectivity index is 2.40. The molecule has 0 saturated carbocycles. The zero-order chi connectivity index (χ0) is 15.4. The van der Waals surface area contributed by atoms with Gasteiger partial charge in [0, 0.05) is 25.9 Å². The van der Waals surface area contributed by atoms with Gasteiger partial charge in [-0.05, 0) is 31.2 Å². The second-order valence-electron chi connectivity index (χ2n) is 4.59. The highest BCUT2D eigenvalue weighted by atomic mass is 16.5. The highest BCUT2D eigenvalue weighted by molar-refractivity contribution is 5.93. The molecule has 2 aromatic rings. The third kappa shape index (κ3) is 3.28. The maximum absolute atomic E-state index is 11.2. The molecule has 0 bridgehead atoms. The molecule has 1 N–H and O–H groups in total. The van der Waals surface area contributed by atoms with E-state index in [-0.39, 0.29) is 5.56 Å². The lowest BCUT2D eigenvalue weighted by Crippen LogP contribution is -2.16. The van der Waals surface area contributed by atoms with E-state index in [1.165, 1.54) is 6.20 Å². The van der Waals surface area contributed by atoms with Gasteiger partial charge in [-0.25, -0.2) is 14.8 Å². The highest BCUT2D eigenvalue weighted by Gasteiger charge is 2.15. The Kier molecular flexibility index (Phi) is 4.37. The molecule has 0 spiro atoms. The summed E-state index contributed by atoms with van der Waals surface area (Å²) in [7, 11) is 3.49. The molecule has 0 fully saturated rings. The summed E-state index contributed by atoms with van der Waals surface area (Å²) in [6, 6.07) is 7.37. The molecule has 21 heavy (non-hydrogen) atoms. The number of aromatic carboxylic acids is 1. The van der Waals surface area contributed by atoms with Gasteiger partial charge < -0.3 is 14.7 Å². The third-order valence-corrected chi connectivity index (χ3v) is 2.85.